The van der Waals surface area contributed by atoms with Gasteiger partial charge in [0, 0.05) is 0 Å². The molecular formula is C7H6BFO4. The number of rotatable bonds is 3. The lowest BCUT2D eigenvalue weighted by molar-refractivity contribution is 0.112. The van der Waals surface area contributed by atoms with Crippen LogP contribution in [0.2, 0.25) is 0 Å². The molecule has 0 spiro atoms. The van der Waals surface area contributed by atoms with Crippen molar-refractivity contribution in [3.8, 4) is 5.75 Å². The van der Waals surface area contributed by atoms with Gasteiger partial charge in [-0.05, 0) is 12.1 Å². The smallest absolute Gasteiger partial charge is 0.509 e. The zero-order valence-electron chi connectivity index (χ0n) is 6.48. The lowest BCUT2D eigenvalue weighted by Crippen LogP contribution is -2.22. The van der Waals surface area contributed by atoms with Crippen molar-refractivity contribution >= 4 is 13.6 Å². The van der Waals surface area contributed by atoms with Crippen molar-refractivity contribution in [3.05, 3.63) is 29.6 Å². The van der Waals surface area contributed by atoms with Crippen LogP contribution in [0.3, 0.4) is 0 Å². The predicted octanol–water partition coefficient (Wildman–Crippen LogP) is -0.0135. The van der Waals surface area contributed by atoms with Crippen molar-refractivity contribution in [2.24, 2.45) is 0 Å². The molecule has 0 heterocycles. The summed E-state index contributed by atoms with van der Waals surface area (Å²) in [6, 6.07) is 3.66. The van der Waals surface area contributed by atoms with E-state index < -0.39 is 18.9 Å². The molecular weight excluding hydrogens is 178 g/mol. The average molecular weight is 184 g/mol. The van der Waals surface area contributed by atoms with Crippen LogP contribution in [0.5, 0.6) is 5.75 Å². The van der Waals surface area contributed by atoms with Crippen LogP contribution in [0.25, 0.3) is 0 Å². The molecule has 0 bridgehead atoms. The molecule has 13 heavy (non-hydrogen) atoms. The number of hydrogen-bond acceptors (Lipinski definition) is 4. The minimum Gasteiger partial charge on any atom is -0.509 e. The van der Waals surface area contributed by atoms with E-state index in [1.807, 2.05) is 0 Å². The van der Waals surface area contributed by atoms with Gasteiger partial charge in [0.25, 0.3) is 0 Å². The molecule has 0 saturated carbocycles. The van der Waals surface area contributed by atoms with Crippen molar-refractivity contribution < 1.29 is 23.9 Å². The lowest BCUT2D eigenvalue weighted by Gasteiger charge is -2.07. The van der Waals surface area contributed by atoms with Gasteiger partial charge in [0.1, 0.15) is 5.75 Å². The number of halogens is 1. The molecule has 2 N–H and O–H groups in total. The third-order valence-electron chi connectivity index (χ3n) is 1.35. The molecule has 0 atom stereocenters. The van der Waals surface area contributed by atoms with Crippen LogP contribution in [0.15, 0.2) is 18.2 Å². The zero-order chi connectivity index (χ0) is 9.84. The number of carbonyl (C=O) groups excluding carboxylic acids is 1. The van der Waals surface area contributed by atoms with Gasteiger partial charge in [-0.1, -0.05) is 6.07 Å². The van der Waals surface area contributed by atoms with Gasteiger partial charge in [-0.25, -0.2) is 4.39 Å². The third-order valence-corrected chi connectivity index (χ3v) is 1.35. The molecule has 0 aliphatic rings. The van der Waals surface area contributed by atoms with Crippen molar-refractivity contribution in [1.29, 1.82) is 0 Å². The predicted molar refractivity (Wildman–Crippen MR) is 42.6 cm³/mol. The topological polar surface area (TPSA) is 66.8 Å². The summed E-state index contributed by atoms with van der Waals surface area (Å²) in [6.45, 7) is 0. The highest BCUT2D eigenvalue weighted by Gasteiger charge is 2.17. The highest BCUT2D eigenvalue weighted by molar-refractivity contribution is 6.33. The van der Waals surface area contributed by atoms with Crippen LogP contribution < -0.4 is 4.65 Å². The molecule has 1 aromatic rings. The van der Waals surface area contributed by atoms with Gasteiger partial charge in [0.15, 0.2) is 12.1 Å². The first-order valence-electron chi connectivity index (χ1n) is 3.41. The van der Waals surface area contributed by atoms with E-state index >= 15 is 0 Å². The van der Waals surface area contributed by atoms with E-state index in [4.69, 9.17) is 10.0 Å². The number of hydrogen-bond donors (Lipinski definition) is 2. The molecule has 4 nitrogen and oxygen atoms in total. The van der Waals surface area contributed by atoms with Gasteiger partial charge in [-0.2, -0.15) is 0 Å². The Morgan fingerprint density at radius 3 is 2.69 bits per heavy atom. The van der Waals surface area contributed by atoms with Gasteiger partial charge in [-0.15, -0.1) is 0 Å². The Morgan fingerprint density at radius 1 is 1.46 bits per heavy atom. The van der Waals surface area contributed by atoms with Crippen molar-refractivity contribution in [2.45, 2.75) is 0 Å². The fraction of sp³-hybridized carbons (Fsp3) is 0. The summed E-state index contributed by atoms with van der Waals surface area (Å²) in [6.07, 6.45) is 0.362. The maximum Gasteiger partial charge on any atom is 0.707 e. The molecule has 6 heteroatoms. The van der Waals surface area contributed by atoms with Crippen LogP contribution in [0.4, 0.5) is 4.39 Å². The van der Waals surface area contributed by atoms with E-state index in [0.29, 0.717) is 6.29 Å². The third kappa shape index (κ3) is 2.27. The van der Waals surface area contributed by atoms with E-state index in [1.165, 1.54) is 12.1 Å². The summed E-state index contributed by atoms with van der Waals surface area (Å²) in [5, 5.41) is 16.8. The van der Waals surface area contributed by atoms with Crippen LogP contribution in [0, 0.1) is 5.82 Å². The minimum atomic E-state index is -2.14. The van der Waals surface area contributed by atoms with Crippen molar-refractivity contribution in [3.63, 3.8) is 0 Å². The minimum absolute atomic E-state index is 0.0758. The molecule has 0 saturated heterocycles. The number of benzene rings is 1. The fourth-order valence-corrected chi connectivity index (χ4v) is 0.848. The highest BCUT2D eigenvalue weighted by atomic mass is 19.1. The molecule has 1 aromatic carbocycles. The first kappa shape index (κ1) is 9.69. The molecule has 0 radical (unpaired) electrons. The lowest BCUT2D eigenvalue weighted by atomic mass is 10.2. The molecule has 0 amide bonds. The molecule has 0 aliphatic heterocycles. The Bertz CT molecular complexity index is 315. The fourth-order valence-electron chi connectivity index (χ4n) is 0.848. The maximum atomic E-state index is 12.9. The van der Waals surface area contributed by atoms with E-state index in [2.05, 4.69) is 4.65 Å². The summed E-state index contributed by atoms with van der Waals surface area (Å²) < 4.78 is 17.2. The second kappa shape index (κ2) is 4.02. The highest BCUT2D eigenvalue weighted by Crippen LogP contribution is 2.20. The Hall–Kier alpha value is -1.40. The van der Waals surface area contributed by atoms with Gasteiger partial charge >= 0.3 is 7.32 Å². The van der Waals surface area contributed by atoms with Gasteiger partial charge in [0.2, 0.25) is 0 Å². The molecule has 0 aromatic heterocycles. The Kier molecular flexibility index (Phi) is 3.00. The maximum absolute atomic E-state index is 12.9. The van der Waals surface area contributed by atoms with Gasteiger partial charge in [-0.3, -0.25) is 4.79 Å². The number of aldehydes is 1. The number of carbonyl (C=O) groups is 1. The molecule has 0 unspecified atom stereocenters. The Balaban J connectivity index is 3.07. The second-order valence-electron chi connectivity index (χ2n) is 2.22. The summed E-state index contributed by atoms with van der Waals surface area (Å²) >= 11 is 0. The van der Waals surface area contributed by atoms with Crippen LogP contribution in [-0.2, 0) is 0 Å². The molecule has 0 aliphatic carbocycles. The summed E-state index contributed by atoms with van der Waals surface area (Å²) in [5.41, 5.74) is -0.0758. The van der Waals surface area contributed by atoms with E-state index in [0.717, 1.165) is 6.07 Å². The van der Waals surface area contributed by atoms with Gasteiger partial charge < -0.3 is 14.7 Å². The normalized spacial score (nSPS) is 9.46. The van der Waals surface area contributed by atoms with E-state index in [9.17, 15) is 9.18 Å². The Morgan fingerprint density at radius 2 is 2.15 bits per heavy atom. The van der Waals surface area contributed by atoms with Gasteiger partial charge in [0.05, 0.1) is 5.56 Å². The van der Waals surface area contributed by atoms with Crippen LogP contribution in [-0.4, -0.2) is 23.7 Å². The van der Waals surface area contributed by atoms with Crippen molar-refractivity contribution in [1.82, 2.24) is 0 Å². The van der Waals surface area contributed by atoms with Crippen molar-refractivity contribution in [2.75, 3.05) is 0 Å². The average Bonchev–Trinajstić information content (AvgIpc) is 2.08. The first-order chi connectivity index (χ1) is 6.15. The quantitative estimate of drug-likeness (QED) is 0.511. The Labute approximate surface area is 73.8 Å². The van der Waals surface area contributed by atoms with Crippen LogP contribution >= 0.6 is 0 Å². The summed E-state index contributed by atoms with van der Waals surface area (Å²) in [5.74, 6) is -1.29. The molecule has 0 fully saturated rings. The SMILES string of the molecule is O=Cc1cccc(F)c1OB(O)O. The summed E-state index contributed by atoms with van der Waals surface area (Å²) in [7, 11) is -2.14. The molecule has 1 rings (SSSR count). The second-order valence-corrected chi connectivity index (χ2v) is 2.22. The molecule has 68 valence electrons. The first-order valence-corrected chi connectivity index (χ1v) is 3.41. The van der Waals surface area contributed by atoms with E-state index in [1.54, 1.807) is 0 Å². The standard InChI is InChI=1S/C7H6BFO4/c9-6-3-1-2-5(4-10)7(6)13-8(11)12/h1-4,11-12H. The largest absolute Gasteiger partial charge is 0.707 e. The monoisotopic (exact) mass is 184 g/mol. The zero-order valence-corrected chi connectivity index (χ0v) is 6.48. The number of para-hydroxylation sites is 1. The summed E-state index contributed by atoms with van der Waals surface area (Å²) in [4.78, 5) is 10.4. The van der Waals surface area contributed by atoms with Crippen LogP contribution in [0.1, 0.15) is 10.4 Å². The van der Waals surface area contributed by atoms with E-state index in [-0.39, 0.29) is 5.56 Å².